The Morgan fingerprint density at radius 1 is 1.42 bits per heavy atom. The standard InChI is InChI=1S/C14H21N3O2/c1-2-16-14(18)10-3-4-12(15)13(9-10)17-11-5-7-19-8-6-11/h3-4,9,11,17H,2,5-8,15H2,1H3,(H,16,18). The van der Waals surface area contributed by atoms with Gasteiger partial charge < -0.3 is 21.1 Å². The van der Waals surface area contributed by atoms with Crippen molar-refractivity contribution in [1.29, 1.82) is 0 Å². The van der Waals surface area contributed by atoms with Gasteiger partial charge in [0, 0.05) is 31.4 Å². The van der Waals surface area contributed by atoms with Crippen molar-refractivity contribution in [3.05, 3.63) is 23.8 Å². The molecule has 1 aliphatic heterocycles. The fraction of sp³-hybridized carbons (Fsp3) is 0.500. The molecule has 1 heterocycles. The highest BCUT2D eigenvalue weighted by Gasteiger charge is 2.15. The molecule has 1 saturated heterocycles. The number of anilines is 2. The first-order chi connectivity index (χ1) is 9.20. The molecule has 0 bridgehead atoms. The SMILES string of the molecule is CCNC(=O)c1ccc(N)c(NC2CCOCC2)c1. The van der Waals surface area contributed by atoms with Crippen LogP contribution in [0, 0.1) is 0 Å². The summed E-state index contributed by atoms with van der Waals surface area (Å²) in [6, 6.07) is 5.69. The predicted octanol–water partition coefficient (Wildman–Crippen LogP) is 1.61. The molecule has 0 aliphatic carbocycles. The summed E-state index contributed by atoms with van der Waals surface area (Å²) in [7, 11) is 0. The Balaban J connectivity index is 2.10. The van der Waals surface area contributed by atoms with Crippen molar-refractivity contribution in [3.8, 4) is 0 Å². The summed E-state index contributed by atoms with van der Waals surface area (Å²) in [6.07, 6.45) is 1.93. The molecule has 0 spiro atoms. The fourth-order valence-electron chi connectivity index (χ4n) is 2.15. The third-order valence-electron chi connectivity index (χ3n) is 3.23. The second-order valence-corrected chi connectivity index (χ2v) is 4.69. The number of nitrogens with two attached hydrogens (primary N) is 1. The molecule has 5 nitrogen and oxygen atoms in total. The van der Waals surface area contributed by atoms with Crippen molar-refractivity contribution in [3.63, 3.8) is 0 Å². The van der Waals surface area contributed by atoms with Crippen LogP contribution >= 0.6 is 0 Å². The molecule has 1 fully saturated rings. The van der Waals surface area contributed by atoms with Gasteiger partial charge in [-0.3, -0.25) is 4.79 Å². The molecule has 4 N–H and O–H groups in total. The summed E-state index contributed by atoms with van der Waals surface area (Å²) in [5, 5.41) is 6.19. The van der Waals surface area contributed by atoms with Gasteiger partial charge in [0.25, 0.3) is 5.91 Å². The molecule has 0 aromatic heterocycles. The summed E-state index contributed by atoms with van der Waals surface area (Å²) in [6.45, 7) is 4.06. The van der Waals surface area contributed by atoms with Crippen molar-refractivity contribution in [1.82, 2.24) is 5.32 Å². The number of nitrogens with one attached hydrogen (secondary N) is 2. The van der Waals surface area contributed by atoms with Gasteiger partial charge in [-0.25, -0.2) is 0 Å². The monoisotopic (exact) mass is 263 g/mol. The summed E-state index contributed by atoms with van der Waals surface area (Å²) in [5.74, 6) is -0.0717. The Morgan fingerprint density at radius 3 is 2.84 bits per heavy atom. The zero-order valence-electron chi connectivity index (χ0n) is 11.2. The molecule has 19 heavy (non-hydrogen) atoms. The lowest BCUT2D eigenvalue weighted by molar-refractivity contribution is 0.0904. The van der Waals surface area contributed by atoms with Gasteiger partial charge in [0.2, 0.25) is 0 Å². The average molecular weight is 263 g/mol. The van der Waals surface area contributed by atoms with E-state index >= 15 is 0 Å². The lowest BCUT2D eigenvalue weighted by Gasteiger charge is -2.25. The Labute approximate surface area is 113 Å². The lowest BCUT2D eigenvalue weighted by Crippen LogP contribution is -2.28. The van der Waals surface area contributed by atoms with Gasteiger partial charge in [0.1, 0.15) is 0 Å². The van der Waals surface area contributed by atoms with Crippen LogP contribution in [0.3, 0.4) is 0 Å². The molecule has 5 heteroatoms. The second-order valence-electron chi connectivity index (χ2n) is 4.69. The molecular formula is C14H21N3O2. The fourth-order valence-corrected chi connectivity index (χ4v) is 2.15. The van der Waals surface area contributed by atoms with Crippen molar-refractivity contribution in [2.45, 2.75) is 25.8 Å². The van der Waals surface area contributed by atoms with Gasteiger partial charge in [-0.1, -0.05) is 0 Å². The van der Waals surface area contributed by atoms with E-state index in [0.29, 0.717) is 23.8 Å². The van der Waals surface area contributed by atoms with Gasteiger partial charge in [0.05, 0.1) is 11.4 Å². The molecule has 0 atom stereocenters. The molecule has 104 valence electrons. The van der Waals surface area contributed by atoms with Crippen molar-refractivity contribution in [2.24, 2.45) is 0 Å². The van der Waals surface area contributed by atoms with Crippen molar-refractivity contribution in [2.75, 3.05) is 30.8 Å². The molecule has 1 aliphatic rings. The first-order valence-corrected chi connectivity index (χ1v) is 6.72. The Bertz CT molecular complexity index is 442. The molecule has 2 rings (SSSR count). The molecule has 0 unspecified atom stereocenters. The maximum absolute atomic E-state index is 11.8. The van der Waals surface area contributed by atoms with Crippen LogP contribution in [-0.4, -0.2) is 31.7 Å². The number of rotatable bonds is 4. The van der Waals surface area contributed by atoms with Crippen LogP contribution in [0.1, 0.15) is 30.1 Å². The Kier molecular flexibility index (Phi) is 4.63. The van der Waals surface area contributed by atoms with E-state index in [9.17, 15) is 4.79 Å². The number of carbonyl (C=O) groups excluding carboxylic acids is 1. The van der Waals surface area contributed by atoms with Crippen LogP contribution in [0.25, 0.3) is 0 Å². The van der Waals surface area contributed by atoms with Crippen molar-refractivity contribution < 1.29 is 9.53 Å². The van der Waals surface area contributed by atoms with E-state index in [2.05, 4.69) is 10.6 Å². The summed E-state index contributed by atoms with van der Waals surface area (Å²) in [5.41, 5.74) is 8.08. The summed E-state index contributed by atoms with van der Waals surface area (Å²) >= 11 is 0. The van der Waals surface area contributed by atoms with E-state index < -0.39 is 0 Å². The highest BCUT2D eigenvalue weighted by atomic mass is 16.5. The first-order valence-electron chi connectivity index (χ1n) is 6.72. The second kappa shape index (κ2) is 6.43. The smallest absolute Gasteiger partial charge is 0.251 e. The van der Waals surface area contributed by atoms with Gasteiger partial charge in [-0.05, 0) is 38.0 Å². The van der Waals surface area contributed by atoms with E-state index in [1.807, 2.05) is 13.0 Å². The predicted molar refractivity (Wildman–Crippen MR) is 76.3 cm³/mol. The van der Waals surface area contributed by atoms with Crippen LogP contribution in [0.15, 0.2) is 18.2 Å². The van der Waals surface area contributed by atoms with Crippen LogP contribution in [-0.2, 0) is 4.74 Å². The third kappa shape index (κ3) is 3.61. The van der Waals surface area contributed by atoms with E-state index in [4.69, 9.17) is 10.5 Å². The van der Waals surface area contributed by atoms with Crippen molar-refractivity contribution >= 4 is 17.3 Å². The van der Waals surface area contributed by atoms with Gasteiger partial charge in [0.15, 0.2) is 0 Å². The minimum absolute atomic E-state index is 0.0717. The third-order valence-corrected chi connectivity index (χ3v) is 3.23. The van der Waals surface area contributed by atoms with Gasteiger partial charge >= 0.3 is 0 Å². The number of benzene rings is 1. The van der Waals surface area contributed by atoms with Crippen LogP contribution in [0.5, 0.6) is 0 Å². The molecule has 0 radical (unpaired) electrons. The zero-order valence-corrected chi connectivity index (χ0v) is 11.2. The largest absolute Gasteiger partial charge is 0.397 e. The van der Waals surface area contributed by atoms with E-state index in [1.54, 1.807) is 12.1 Å². The van der Waals surface area contributed by atoms with Crippen LogP contribution in [0.4, 0.5) is 11.4 Å². The molecule has 0 saturated carbocycles. The highest BCUT2D eigenvalue weighted by molar-refractivity contribution is 5.96. The number of nitrogen functional groups attached to an aromatic ring is 1. The molecule has 1 aromatic carbocycles. The first kappa shape index (κ1) is 13.7. The Morgan fingerprint density at radius 2 is 2.16 bits per heavy atom. The number of hydrogen-bond donors (Lipinski definition) is 3. The maximum Gasteiger partial charge on any atom is 0.251 e. The maximum atomic E-state index is 11.8. The number of amides is 1. The normalized spacial score (nSPS) is 16.1. The van der Waals surface area contributed by atoms with Gasteiger partial charge in [-0.15, -0.1) is 0 Å². The van der Waals surface area contributed by atoms with E-state index in [1.165, 1.54) is 0 Å². The summed E-state index contributed by atoms with van der Waals surface area (Å²) < 4.78 is 5.33. The quantitative estimate of drug-likeness (QED) is 0.721. The number of hydrogen-bond acceptors (Lipinski definition) is 4. The van der Waals surface area contributed by atoms with Gasteiger partial charge in [-0.2, -0.15) is 0 Å². The summed E-state index contributed by atoms with van der Waals surface area (Å²) in [4.78, 5) is 11.8. The van der Waals surface area contributed by atoms with Crippen LogP contribution < -0.4 is 16.4 Å². The minimum Gasteiger partial charge on any atom is -0.397 e. The van der Waals surface area contributed by atoms with E-state index in [-0.39, 0.29) is 5.91 Å². The average Bonchev–Trinajstić information content (AvgIpc) is 2.42. The molecule has 1 aromatic rings. The number of carbonyl (C=O) groups is 1. The highest BCUT2D eigenvalue weighted by Crippen LogP contribution is 2.23. The zero-order chi connectivity index (χ0) is 13.7. The van der Waals surface area contributed by atoms with E-state index in [0.717, 1.165) is 31.7 Å². The Hall–Kier alpha value is -1.75. The topological polar surface area (TPSA) is 76.4 Å². The van der Waals surface area contributed by atoms with Crippen LogP contribution in [0.2, 0.25) is 0 Å². The lowest BCUT2D eigenvalue weighted by atomic mass is 10.1. The molecular weight excluding hydrogens is 242 g/mol. The molecule has 1 amide bonds. The number of ether oxygens (including phenoxy) is 1. The minimum atomic E-state index is -0.0717.